The quantitative estimate of drug-likeness (QED) is 0.837. The van der Waals surface area contributed by atoms with Crippen LogP contribution in [-0.2, 0) is 14.8 Å². The first-order valence-electron chi connectivity index (χ1n) is 7.42. The van der Waals surface area contributed by atoms with Crippen molar-refractivity contribution in [2.24, 2.45) is 5.92 Å². The lowest BCUT2D eigenvalue weighted by atomic mass is 10.1. The highest BCUT2D eigenvalue weighted by Crippen LogP contribution is 2.16. The molecule has 6 heteroatoms. The molecule has 0 heterocycles. The molecule has 0 saturated heterocycles. The number of rotatable bonds is 7. The molecular formula is C16H26N2O3S. The Labute approximate surface area is 133 Å². The van der Waals surface area contributed by atoms with Gasteiger partial charge in [-0.2, -0.15) is 4.31 Å². The van der Waals surface area contributed by atoms with E-state index in [9.17, 15) is 13.2 Å². The molecule has 1 rings (SSSR count). The van der Waals surface area contributed by atoms with Crippen LogP contribution in [0, 0.1) is 19.8 Å². The maximum Gasteiger partial charge on any atom is 0.239 e. The summed E-state index contributed by atoms with van der Waals surface area (Å²) in [5, 5.41) is 2.78. The molecule has 0 radical (unpaired) electrons. The SMILES string of the molecule is Cc1ccc(NC(=O)CN(CCC(C)C)S(C)(=O)=O)c(C)c1. The van der Waals surface area contributed by atoms with Gasteiger partial charge in [0, 0.05) is 12.2 Å². The Hall–Kier alpha value is -1.40. The number of amides is 1. The van der Waals surface area contributed by atoms with Gasteiger partial charge >= 0.3 is 0 Å². The van der Waals surface area contributed by atoms with Crippen molar-refractivity contribution in [1.82, 2.24) is 4.31 Å². The summed E-state index contributed by atoms with van der Waals surface area (Å²) >= 11 is 0. The molecule has 1 amide bonds. The highest BCUT2D eigenvalue weighted by atomic mass is 32.2. The molecule has 0 spiro atoms. The van der Waals surface area contributed by atoms with Crippen LogP contribution in [0.2, 0.25) is 0 Å². The zero-order valence-corrected chi connectivity index (χ0v) is 14.8. The van der Waals surface area contributed by atoms with Gasteiger partial charge in [0.1, 0.15) is 0 Å². The molecule has 0 fully saturated rings. The van der Waals surface area contributed by atoms with E-state index in [0.29, 0.717) is 18.2 Å². The van der Waals surface area contributed by atoms with Crippen molar-refractivity contribution in [3.63, 3.8) is 0 Å². The molecule has 124 valence electrons. The molecule has 0 unspecified atom stereocenters. The van der Waals surface area contributed by atoms with Gasteiger partial charge in [-0.15, -0.1) is 0 Å². The number of carbonyl (C=O) groups excluding carboxylic acids is 1. The van der Waals surface area contributed by atoms with E-state index in [1.54, 1.807) is 0 Å². The molecule has 0 aliphatic rings. The molecule has 0 atom stereocenters. The summed E-state index contributed by atoms with van der Waals surface area (Å²) in [5.74, 6) is 0.0628. The molecule has 1 N–H and O–H groups in total. The first kappa shape index (κ1) is 18.6. The van der Waals surface area contributed by atoms with Crippen molar-refractivity contribution in [3.8, 4) is 0 Å². The van der Waals surface area contributed by atoms with Crippen molar-refractivity contribution in [2.45, 2.75) is 34.1 Å². The molecule has 0 aromatic heterocycles. The summed E-state index contributed by atoms with van der Waals surface area (Å²) in [5.41, 5.74) is 2.79. The normalized spacial score (nSPS) is 12.0. The third-order valence-corrected chi connectivity index (χ3v) is 4.65. The van der Waals surface area contributed by atoms with E-state index in [0.717, 1.165) is 23.8 Å². The van der Waals surface area contributed by atoms with E-state index in [1.165, 1.54) is 4.31 Å². The van der Waals surface area contributed by atoms with Crippen LogP contribution in [0.4, 0.5) is 5.69 Å². The van der Waals surface area contributed by atoms with Gasteiger partial charge in [-0.3, -0.25) is 4.79 Å². The van der Waals surface area contributed by atoms with Gasteiger partial charge in [0.15, 0.2) is 0 Å². The van der Waals surface area contributed by atoms with Crippen LogP contribution in [-0.4, -0.2) is 38.0 Å². The average Bonchev–Trinajstić information content (AvgIpc) is 2.36. The van der Waals surface area contributed by atoms with Gasteiger partial charge in [0.25, 0.3) is 0 Å². The Morgan fingerprint density at radius 1 is 1.27 bits per heavy atom. The third-order valence-electron chi connectivity index (χ3n) is 3.40. The predicted octanol–water partition coefficient (Wildman–Crippen LogP) is 2.55. The van der Waals surface area contributed by atoms with Gasteiger partial charge < -0.3 is 5.32 Å². The van der Waals surface area contributed by atoms with Crippen LogP contribution < -0.4 is 5.32 Å². The van der Waals surface area contributed by atoms with E-state index in [1.807, 2.05) is 45.9 Å². The first-order valence-corrected chi connectivity index (χ1v) is 9.26. The number of carbonyl (C=O) groups is 1. The molecule has 0 saturated carbocycles. The summed E-state index contributed by atoms with van der Waals surface area (Å²) < 4.78 is 24.8. The van der Waals surface area contributed by atoms with Crippen LogP contribution in [0.5, 0.6) is 0 Å². The predicted molar refractivity (Wildman–Crippen MR) is 90.4 cm³/mol. The Bertz CT molecular complexity index is 624. The maximum atomic E-state index is 12.1. The number of hydrogen-bond donors (Lipinski definition) is 1. The Morgan fingerprint density at radius 2 is 1.91 bits per heavy atom. The van der Waals surface area contributed by atoms with Crippen molar-refractivity contribution >= 4 is 21.6 Å². The fourth-order valence-corrected chi connectivity index (χ4v) is 2.86. The minimum Gasteiger partial charge on any atom is -0.325 e. The minimum atomic E-state index is -3.39. The fraction of sp³-hybridized carbons (Fsp3) is 0.562. The number of benzene rings is 1. The van der Waals surface area contributed by atoms with Crippen LogP contribution in [0.15, 0.2) is 18.2 Å². The minimum absolute atomic E-state index is 0.154. The molecule has 0 bridgehead atoms. The van der Waals surface area contributed by atoms with Crippen molar-refractivity contribution in [1.29, 1.82) is 0 Å². The Balaban J connectivity index is 2.74. The largest absolute Gasteiger partial charge is 0.325 e. The van der Waals surface area contributed by atoms with Gasteiger partial charge in [-0.05, 0) is 37.8 Å². The van der Waals surface area contributed by atoms with Crippen molar-refractivity contribution in [2.75, 3.05) is 24.7 Å². The van der Waals surface area contributed by atoms with Crippen LogP contribution in [0.1, 0.15) is 31.4 Å². The third kappa shape index (κ3) is 6.15. The summed E-state index contributed by atoms with van der Waals surface area (Å²) in [6.07, 6.45) is 1.86. The zero-order valence-electron chi connectivity index (χ0n) is 14.0. The van der Waals surface area contributed by atoms with Gasteiger partial charge in [0.05, 0.1) is 12.8 Å². The topological polar surface area (TPSA) is 66.5 Å². The lowest BCUT2D eigenvalue weighted by Crippen LogP contribution is -2.38. The van der Waals surface area contributed by atoms with Crippen LogP contribution in [0.3, 0.4) is 0 Å². The Kier molecular flexibility index (Phi) is 6.56. The van der Waals surface area contributed by atoms with E-state index in [2.05, 4.69) is 5.32 Å². The summed E-state index contributed by atoms with van der Waals surface area (Å²) in [7, 11) is -3.39. The zero-order chi connectivity index (χ0) is 16.9. The molecule has 0 aliphatic heterocycles. The van der Waals surface area contributed by atoms with E-state index < -0.39 is 10.0 Å². The first-order chi connectivity index (χ1) is 10.1. The molecule has 1 aromatic rings. The highest BCUT2D eigenvalue weighted by Gasteiger charge is 2.20. The van der Waals surface area contributed by atoms with Crippen molar-refractivity contribution in [3.05, 3.63) is 29.3 Å². The molecule has 22 heavy (non-hydrogen) atoms. The van der Waals surface area contributed by atoms with Crippen molar-refractivity contribution < 1.29 is 13.2 Å². The van der Waals surface area contributed by atoms with Gasteiger partial charge in [-0.1, -0.05) is 31.5 Å². The highest BCUT2D eigenvalue weighted by molar-refractivity contribution is 7.88. The monoisotopic (exact) mass is 326 g/mol. The van der Waals surface area contributed by atoms with E-state index in [4.69, 9.17) is 0 Å². The smallest absolute Gasteiger partial charge is 0.239 e. The lowest BCUT2D eigenvalue weighted by Gasteiger charge is -2.20. The standard InChI is InChI=1S/C16H26N2O3S/c1-12(2)8-9-18(22(5,20)21)11-16(19)17-15-7-6-13(3)10-14(15)4/h6-7,10,12H,8-9,11H2,1-5H3,(H,17,19). The molecule has 0 aliphatic carbocycles. The van der Waals surface area contributed by atoms with E-state index in [-0.39, 0.29) is 12.5 Å². The lowest BCUT2D eigenvalue weighted by molar-refractivity contribution is -0.116. The second-order valence-corrected chi connectivity index (χ2v) is 8.13. The van der Waals surface area contributed by atoms with Crippen LogP contribution in [0.25, 0.3) is 0 Å². The number of hydrogen-bond acceptors (Lipinski definition) is 3. The summed E-state index contributed by atoms with van der Waals surface area (Å²) in [4.78, 5) is 12.1. The van der Waals surface area contributed by atoms with Gasteiger partial charge in [0.2, 0.25) is 15.9 Å². The summed E-state index contributed by atoms with van der Waals surface area (Å²) in [6.45, 7) is 8.15. The molecule has 5 nitrogen and oxygen atoms in total. The number of nitrogens with zero attached hydrogens (tertiary/aromatic N) is 1. The van der Waals surface area contributed by atoms with Crippen LogP contribution >= 0.6 is 0 Å². The Morgan fingerprint density at radius 3 is 2.41 bits per heavy atom. The number of sulfonamides is 1. The second-order valence-electron chi connectivity index (χ2n) is 6.15. The average molecular weight is 326 g/mol. The number of nitrogens with one attached hydrogen (secondary N) is 1. The second kappa shape index (κ2) is 7.74. The molecular weight excluding hydrogens is 300 g/mol. The number of anilines is 1. The number of aryl methyl sites for hydroxylation is 2. The maximum absolute atomic E-state index is 12.1. The van der Waals surface area contributed by atoms with Gasteiger partial charge in [-0.25, -0.2) is 8.42 Å². The summed E-state index contributed by atoms with van der Waals surface area (Å²) in [6, 6.07) is 5.72. The molecule has 1 aromatic carbocycles. The fourth-order valence-electron chi connectivity index (χ4n) is 2.07. The van der Waals surface area contributed by atoms with E-state index >= 15 is 0 Å².